The third kappa shape index (κ3) is 3.47. The molecule has 9 nitrogen and oxygen atoms in total. The van der Waals surface area contributed by atoms with Gasteiger partial charge in [-0.2, -0.15) is 4.98 Å². The Bertz CT molecular complexity index is 774. The number of aromatic nitrogens is 5. The van der Waals surface area contributed by atoms with Crippen molar-refractivity contribution in [2.45, 2.75) is 31.3 Å². The van der Waals surface area contributed by atoms with Gasteiger partial charge in [0.2, 0.25) is 23.0 Å². The number of carbonyl (C=O) groups is 2. The second-order valence-electron chi connectivity index (χ2n) is 5.07. The number of nitrogen functional groups attached to an aromatic ring is 1. The predicted octanol–water partition coefficient (Wildman–Crippen LogP) is 0.735. The molecule has 0 radical (unpaired) electrons. The van der Waals surface area contributed by atoms with E-state index in [0.29, 0.717) is 28.5 Å². The van der Waals surface area contributed by atoms with Gasteiger partial charge in [-0.05, 0) is 19.8 Å². The number of anilines is 2. The van der Waals surface area contributed by atoms with Crippen molar-refractivity contribution in [3.8, 4) is 0 Å². The number of thioether (sulfide) groups is 1. The minimum atomic E-state index is -0.278. The summed E-state index contributed by atoms with van der Waals surface area (Å²) >= 11 is 1.15. The van der Waals surface area contributed by atoms with Crippen LogP contribution >= 0.6 is 11.8 Å². The van der Waals surface area contributed by atoms with E-state index in [1.54, 1.807) is 6.92 Å². The molecule has 10 heteroatoms. The molecule has 1 aliphatic rings. The number of carbonyl (C=O) groups excluding carboxylic acids is 2. The molecule has 0 unspecified atom stereocenters. The minimum Gasteiger partial charge on any atom is -0.368 e. The molecule has 1 amide bonds. The Labute approximate surface area is 135 Å². The number of nitrogens with two attached hydrogens (primary N) is 1. The Morgan fingerprint density at radius 2 is 2.17 bits per heavy atom. The first kappa shape index (κ1) is 15.4. The largest absolute Gasteiger partial charge is 0.368 e. The Morgan fingerprint density at radius 3 is 2.91 bits per heavy atom. The first-order valence-electron chi connectivity index (χ1n) is 7.04. The van der Waals surface area contributed by atoms with Crippen LogP contribution in [0, 0.1) is 6.92 Å². The van der Waals surface area contributed by atoms with Crippen LogP contribution in [0.4, 0.5) is 11.9 Å². The highest BCUT2D eigenvalue weighted by molar-refractivity contribution is 7.99. The molecule has 2 aromatic rings. The summed E-state index contributed by atoms with van der Waals surface area (Å²) in [6.07, 6.45) is 2.02. The maximum absolute atomic E-state index is 12.0. The maximum Gasteiger partial charge on any atom is 0.237 e. The molecule has 0 aromatic carbocycles. The van der Waals surface area contributed by atoms with Gasteiger partial charge in [-0.3, -0.25) is 14.9 Å². The van der Waals surface area contributed by atoms with Crippen LogP contribution in [0.5, 0.6) is 0 Å². The van der Waals surface area contributed by atoms with E-state index in [0.717, 1.165) is 24.6 Å². The van der Waals surface area contributed by atoms with Gasteiger partial charge in [0.15, 0.2) is 5.78 Å². The third-order valence-electron chi connectivity index (χ3n) is 3.33. The third-order valence-corrected chi connectivity index (χ3v) is 4.17. The fourth-order valence-electron chi connectivity index (χ4n) is 2.39. The number of hydrogen-bond donors (Lipinski definition) is 3. The molecule has 0 bridgehead atoms. The van der Waals surface area contributed by atoms with Crippen LogP contribution in [0.25, 0.3) is 0 Å². The number of hydrogen-bond acceptors (Lipinski definition) is 8. The van der Waals surface area contributed by atoms with Crippen molar-refractivity contribution in [2.24, 2.45) is 0 Å². The van der Waals surface area contributed by atoms with Gasteiger partial charge in [-0.1, -0.05) is 11.8 Å². The Kier molecular flexibility index (Phi) is 4.24. The van der Waals surface area contributed by atoms with Gasteiger partial charge in [0.25, 0.3) is 0 Å². The highest BCUT2D eigenvalue weighted by Crippen LogP contribution is 2.23. The van der Waals surface area contributed by atoms with E-state index < -0.39 is 0 Å². The van der Waals surface area contributed by atoms with Crippen LogP contribution in [-0.4, -0.2) is 42.6 Å². The number of nitrogens with one attached hydrogen (secondary N) is 2. The number of aryl methyl sites for hydroxylation is 2. The van der Waals surface area contributed by atoms with Crippen LogP contribution in [0.1, 0.15) is 34.6 Å². The zero-order valence-corrected chi connectivity index (χ0v) is 13.2. The van der Waals surface area contributed by atoms with E-state index in [9.17, 15) is 9.59 Å². The molecule has 0 spiro atoms. The molecule has 1 aliphatic carbocycles. The predicted molar refractivity (Wildman–Crippen MR) is 84.2 cm³/mol. The first-order chi connectivity index (χ1) is 11.0. The normalized spacial score (nSPS) is 13.7. The SMILES string of the molecule is Cc1nc(NC(=O)CSc2n[nH]c(N)n2)nc2c1C(=O)CCC2. The number of rotatable bonds is 4. The van der Waals surface area contributed by atoms with E-state index in [-0.39, 0.29) is 29.3 Å². The number of ketones is 1. The van der Waals surface area contributed by atoms with Gasteiger partial charge in [0, 0.05) is 6.42 Å². The number of amides is 1. The Hall–Kier alpha value is -2.49. The highest BCUT2D eigenvalue weighted by Gasteiger charge is 2.22. The number of nitrogens with zero attached hydrogens (tertiary/aromatic N) is 4. The number of fused-ring (bicyclic) bond motifs is 1. The number of Topliss-reactive ketones (excluding diaryl/α,β-unsaturated/α-hetero) is 1. The summed E-state index contributed by atoms with van der Waals surface area (Å²) in [5.41, 5.74) is 7.32. The second-order valence-corrected chi connectivity index (χ2v) is 6.01. The van der Waals surface area contributed by atoms with E-state index in [2.05, 4.69) is 30.5 Å². The van der Waals surface area contributed by atoms with Gasteiger partial charge < -0.3 is 5.73 Å². The van der Waals surface area contributed by atoms with Gasteiger partial charge in [0.05, 0.1) is 22.7 Å². The second kappa shape index (κ2) is 6.32. The highest BCUT2D eigenvalue weighted by atomic mass is 32.2. The summed E-state index contributed by atoms with van der Waals surface area (Å²) in [6.45, 7) is 1.75. The van der Waals surface area contributed by atoms with Crippen LogP contribution in [0.15, 0.2) is 5.16 Å². The fraction of sp³-hybridized carbons (Fsp3) is 0.385. The fourth-order valence-corrected chi connectivity index (χ4v) is 2.99. The molecule has 2 aromatic heterocycles. The van der Waals surface area contributed by atoms with Gasteiger partial charge >= 0.3 is 0 Å². The van der Waals surface area contributed by atoms with Crippen molar-refractivity contribution in [3.05, 3.63) is 17.0 Å². The Morgan fingerprint density at radius 1 is 1.35 bits per heavy atom. The number of aromatic amines is 1. The lowest BCUT2D eigenvalue weighted by atomic mass is 9.94. The van der Waals surface area contributed by atoms with E-state index >= 15 is 0 Å². The lowest BCUT2D eigenvalue weighted by Crippen LogP contribution is -2.21. The summed E-state index contributed by atoms with van der Waals surface area (Å²) in [4.78, 5) is 36.3. The van der Waals surface area contributed by atoms with Crippen molar-refractivity contribution in [1.29, 1.82) is 0 Å². The lowest BCUT2D eigenvalue weighted by molar-refractivity contribution is -0.113. The van der Waals surface area contributed by atoms with Gasteiger partial charge in [-0.15, -0.1) is 5.10 Å². The Balaban J connectivity index is 1.67. The van der Waals surface area contributed by atoms with E-state index in [1.807, 2.05) is 0 Å². The standard InChI is InChI=1S/C13H15N7O2S/c1-6-10-7(3-2-4-8(10)21)16-12(15-6)17-9(22)5-23-13-18-11(14)19-20-13/h2-5H2,1H3,(H3,14,18,19,20)(H,15,16,17,22). The molecule has 4 N–H and O–H groups in total. The molecule has 3 rings (SSSR count). The van der Waals surface area contributed by atoms with Crippen LogP contribution < -0.4 is 11.1 Å². The summed E-state index contributed by atoms with van der Waals surface area (Å²) in [5.74, 6) is 0.317. The average molecular weight is 333 g/mol. The maximum atomic E-state index is 12.0. The van der Waals surface area contributed by atoms with Gasteiger partial charge in [0.1, 0.15) is 0 Å². The van der Waals surface area contributed by atoms with Crippen molar-refractivity contribution in [3.63, 3.8) is 0 Å². The zero-order valence-electron chi connectivity index (χ0n) is 12.4. The molecular weight excluding hydrogens is 318 g/mol. The van der Waals surface area contributed by atoms with E-state index in [1.165, 1.54) is 0 Å². The average Bonchev–Trinajstić information content (AvgIpc) is 2.90. The molecule has 0 atom stereocenters. The molecule has 23 heavy (non-hydrogen) atoms. The van der Waals surface area contributed by atoms with Crippen molar-refractivity contribution in [2.75, 3.05) is 16.8 Å². The van der Waals surface area contributed by atoms with Crippen LogP contribution in [0.2, 0.25) is 0 Å². The molecule has 2 heterocycles. The lowest BCUT2D eigenvalue weighted by Gasteiger charge is -2.16. The summed E-state index contributed by atoms with van der Waals surface area (Å²) < 4.78 is 0. The molecular formula is C13H15N7O2S. The molecule has 0 aliphatic heterocycles. The van der Waals surface area contributed by atoms with Crippen molar-refractivity contribution >= 4 is 35.3 Å². The van der Waals surface area contributed by atoms with Gasteiger partial charge in [-0.25, -0.2) is 15.1 Å². The quantitative estimate of drug-likeness (QED) is 0.696. The smallest absolute Gasteiger partial charge is 0.237 e. The molecule has 0 saturated heterocycles. The van der Waals surface area contributed by atoms with Crippen LogP contribution in [-0.2, 0) is 11.2 Å². The number of H-pyrrole nitrogens is 1. The molecule has 0 saturated carbocycles. The summed E-state index contributed by atoms with van der Waals surface area (Å²) in [6, 6.07) is 0. The van der Waals surface area contributed by atoms with Crippen LogP contribution in [0.3, 0.4) is 0 Å². The monoisotopic (exact) mass is 333 g/mol. The molecule has 120 valence electrons. The topological polar surface area (TPSA) is 140 Å². The van der Waals surface area contributed by atoms with Crippen molar-refractivity contribution < 1.29 is 9.59 Å². The van der Waals surface area contributed by atoms with E-state index in [4.69, 9.17) is 5.73 Å². The first-order valence-corrected chi connectivity index (χ1v) is 8.02. The summed E-state index contributed by atoms with van der Waals surface area (Å²) in [5, 5.41) is 9.35. The zero-order chi connectivity index (χ0) is 16.4. The minimum absolute atomic E-state index is 0.0689. The summed E-state index contributed by atoms with van der Waals surface area (Å²) in [7, 11) is 0. The van der Waals surface area contributed by atoms with Crippen molar-refractivity contribution in [1.82, 2.24) is 25.1 Å². The molecule has 0 fully saturated rings.